The van der Waals surface area contributed by atoms with Crippen molar-refractivity contribution in [2.75, 3.05) is 0 Å². The van der Waals surface area contributed by atoms with E-state index >= 15 is 0 Å². The van der Waals surface area contributed by atoms with Crippen molar-refractivity contribution in [3.63, 3.8) is 0 Å². The van der Waals surface area contributed by atoms with Crippen molar-refractivity contribution < 1.29 is 4.39 Å². The van der Waals surface area contributed by atoms with E-state index in [1.165, 1.54) is 0 Å². The third-order valence-corrected chi connectivity index (χ3v) is 2.17. The average molecular weight is 196 g/mol. The van der Waals surface area contributed by atoms with Crippen LogP contribution in [0.25, 0.3) is 10.9 Å². The van der Waals surface area contributed by atoms with E-state index in [4.69, 9.17) is 11.6 Å². The smallest absolute Gasteiger partial charge is 0.167 e. The van der Waals surface area contributed by atoms with Gasteiger partial charge < -0.3 is 0 Å². The number of rotatable bonds is 0. The minimum Gasteiger partial charge on any atom is -0.253 e. The van der Waals surface area contributed by atoms with Crippen molar-refractivity contribution in [2.24, 2.45) is 0 Å². The molecular formula is C10H7ClFN. The summed E-state index contributed by atoms with van der Waals surface area (Å²) in [6.07, 6.45) is 1.63. The highest BCUT2D eigenvalue weighted by molar-refractivity contribution is 6.31. The van der Waals surface area contributed by atoms with Crippen LogP contribution in [0, 0.1) is 12.7 Å². The quantitative estimate of drug-likeness (QED) is 0.628. The van der Waals surface area contributed by atoms with E-state index in [1.54, 1.807) is 18.3 Å². The molecule has 0 N–H and O–H groups in total. The summed E-state index contributed by atoms with van der Waals surface area (Å²) in [5.41, 5.74) is 1.34. The molecule has 66 valence electrons. The minimum atomic E-state index is -0.445. The van der Waals surface area contributed by atoms with Crippen LogP contribution in [0.3, 0.4) is 0 Å². The van der Waals surface area contributed by atoms with Gasteiger partial charge in [-0.2, -0.15) is 0 Å². The van der Waals surface area contributed by atoms with Gasteiger partial charge in [0, 0.05) is 11.6 Å². The van der Waals surface area contributed by atoms with Gasteiger partial charge in [0.25, 0.3) is 0 Å². The first-order valence-electron chi connectivity index (χ1n) is 3.89. The summed E-state index contributed by atoms with van der Waals surface area (Å²) in [4.78, 5) is 3.98. The first kappa shape index (κ1) is 8.45. The maximum absolute atomic E-state index is 13.3. The predicted molar refractivity (Wildman–Crippen MR) is 51.4 cm³/mol. The second-order valence-corrected chi connectivity index (χ2v) is 3.35. The fourth-order valence-corrected chi connectivity index (χ4v) is 1.40. The van der Waals surface area contributed by atoms with E-state index < -0.39 is 5.82 Å². The molecule has 2 aromatic rings. The van der Waals surface area contributed by atoms with Crippen molar-refractivity contribution >= 4 is 22.5 Å². The molecule has 3 heteroatoms. The third-order valence-electron chi connectivity index (χ3n) is 1.88. The fourth-order valence-electron chi connectivity index (χ4n) is 1.25. The Morgan fingerprint density at radius 1 is 1.38 bits per heavy atom. The van der Waals surface area contributed by atoms with Crippen LogP contribution in [0.5, 0.6) is 0 Å². The lowest BCUT2D eigenvalue weighted by Gasteiger charge is -2.00. The van der Waals surface area contributed by atoms with Crippen LogP contribution >= 0.6 is 11.6 Å². The highest BCUT2D eigenvalue weighted by Crippen LogP contribution is 2.22. The summed E-state index contributed by atoms with van der Waals surface area (Å²) in [6, 6.07) is 5.18. The Hall–Kier alpha value is -1.15. The number of aromatic nitrogens is 1. The summed E-state index contributed by atoms with van der Waals surface area (Å²) in [5, 5.41) is 0.894. The van der Waals surface area contributed by atoms with Gasteiger partial charge >= 0.3 is 0 Å². The zero-order chi connectivity index (χ0) is 9.42. The lowest BCUT2D eigenvalue weighted by molar-refractivity contribution is 0.637. The molecule has 1 aromatic carbocycles. The maximum Gasteiger partial charge on any atom is 0.167 e. The Kier molecular flexibility index (Phi) is 1.93. The Morgan fingerprint density at radius 3 is 2.92 bits per heavy atom. The summed E-state index contributed by atoms with van der Waals surface area (Å²) in [5.74, 6) is -0.445. The van der Waals surface area contributed by atoms with Crippen molar-refractivity contribution in [3.05, 3.63) is 40.8 Å². The molecule has 0 spiro atoms. The summed E-state index contributed by atoms with van der Waals surface area (Å²) >= 11 is 5.61. The van der Waals surface area contributed by atoms with Crippen LogP contribution in [0.2, 0.25) is 5.02 Å². The van der Waals surface area contributed by atoms with E-state index in [-0.39, 0.29) is 5.02 Å². The summed E-state index contributed by atoms with van der Waals surface area (Å²) in [7, 11) is 0. The molecule has 0 aliphatic carbocycles. The van der Waals surface area contributed by atoms with Gasteiger partial charge in [0.1, 0.15) is 5.52 Å². The van der Waals surface area contributed by atoms with Crippen molar-refractivity contribution in [2.45, 2.75) is 6.92 Å². The van der Waals surface area contributed by atoms with Gasteiger partial charge in [-0.15, -0.1) is 0 Å². The zero-order valence-electron chi connectivity index (χ0n) is 7.01. The predicted octanol–water partition coefficient (Wildman–Crippen LogP) is 3.34. The second-order valence-electron chi connectivity index (χ2n) is 2.95. The van der Waals surface area contributed by atoms with Crippen LogP contribution in [0.4, 0.5) is 4.39 Å². The Labute approximate surface area is 80.2 Å². The monoisotopic (exact) mass is 195 g/mol. The highest BCUT2D eigenvalue weighted by Gasteiger charge is 2.05. The van der Waals surface area contributed by atoms with Crippen LogP contribution in [0.1, 0.15) is 5.56 Å². The normalized spacial score (nSPS) is 10.7. The van der Waals surface area contributed by atoms with E-state index in [9.17, 15) is 4.39 Å². The van der Waals surface area contributed by atoms with Crippen LogP contribution in [-0.2, 0) is 0 Å². The third kappa shape index (κ3) is 1.38. The number of halogens is 2. The Bertz CT molecular complexity index is 468. The Morgan fingerprint density at radius 2 is 2.15 bits per heavy atom. The number of benzene rings is 1. The highest BCUT2D eigenvalue weighted by atomic mass is 35.5. The Balaban J connectivity index is 2.87. The lowest BCUT2D eigenvalue weighted by atomic mass is 10.2. The number of nitrogens with zero attached hydrogens (tertiary/aromatic N) is 1. The molecule has 1 aromatic heterocycles. The van der Waals surface area contributed by atoms with Gasteiger partial charge in [-0.05, 0) is 24.6 Å². The number of aryl methyl sites for hydroxylation is 1. The molecule has 0 radical (unpaired) electrons. The molecular weight excluding hydrogens is 189 g/mol. The molecule has 0 fully saturated rings. The minimum absolute atomic E-state index is 0.115. The van der Waals surface area contributed by atoms with Gasteiger partial charge in [0.2, 0.25) is 0 Å². The molecule has 1 nitrogen and oxygen atoms in total. The van der Waals surface area contributed by atoms with E-state index in [0.29, 0.717) is 5.52 Å². The van der Waals surface area contributed by atoms with Crippen LogP contribution in [0.15, 0.2) is 24.4 Å². The number of pyridine rings is 1. The van der Waals surface area contributed by atoms with Crippen LogP contribution < -0.4 is 0 Å². The molecule has 0 aliphatic rings. The van der Waals surface area contributed by atoms with Crippen molar-refractivity contribution in [3.8, 4) is 0 Å². The molecule has 0 saturated carbocycles. The van der Waals surface area contributed by atoms with Gasteiger partial charge in [0.05, 0.1) is 5.02 Å². The number of fused-ring (bicyclic) bond motifs is 1. The molecule has 2 rings (SSSR count). The topological polar surface area (TPSA) is 12.9 Å². The second kappa shape index (κ2) is 2.96. The molecule has 13 heavy (non-hydrogen) atoms. The van der Waals surface area contributed by atoms with Crippen LogP contribution in [-0.4, -0.2) is 4.98 Å². The molecule has 0 unspecified atom stereocenters. The standard InChI is InChI=1S/C10H7ClFN/c1-6-4-7-2-3-8(11)9(12)10(7)13-5-6/h2-5H,1H3. The van der Waals surface area contributed by atoms with E-state index in [2.05, 4.69) is 4.98 Å². The number of hydrogen-bond acceptors (Lipinski definition) is 1. The van der Waals surface area contributed by atoms with Gasteiger partial charge in [0.15, 0.2) is 5.82 Å². The maximum atomic E-state index is 13.3. The van der Waals surface area contributed by atoms with Gasteiger partial charge in [-0.3, -0.25) is 4.98 Å². The molecule has 1 heterocycles. The molecule has 0 amide bonds. The fraction of sp³-hybridized carbons (Fsp3) is 0.100. The first-order valence-corrected chi connectivity index (χ1v) is 4.26. The molecule has 0 aliphatic heterocycles. The van der Waals surface area contributed by atoms with Gasteiger partial charge in [-0.1, -0.05) is 17.7 Å². The van der Waals surface area contributed by atoms with Crippen molar-refractivity contribution in [1.29, 1.82) is 0 Å². The van der Waals surface area contributed by atoms with E-state index in [0.717, 1.165) is 10.9 Å². The number of hydrogen-bond donors (Lipinski definition) is 0. The summed E-state index contributed by atoms with van der Waals surface area (Å²) in [6.45, 7) is 1.92. The zero-order valence-corrected chi connectivity index (χ0v) is 7.77. The molecule has 0 saturated heterocycles. The van der Waals surface area contributed by atoms with Crippen molar-refractivity contribution in [1.82, 2.24) is 4.98 Å². The average Bonchev–Trinajstić information content (AvgIpc) is 2.12. The largest absolute Gasteiger partial charge is 0.253 e. The lowest BCUT2D eigenvalue weighted by Crippen LogP contribution is -1.86. The van der Waals surface area contributed by atoms with E-state index in [1.807, 2.05) is 13.0 Å². The SMILES string of the molecule is Cc1cnc2c(F)c(Cl)ccc2c1. The molecule has 0 atom stereocenters. The first-order chi connectivity index (χ1) is 6.18. The van der Waals surface area contributed by atoms with Gasteiger partial charge in [-0.25, -0.2) is 4.39 Å². The summed E-state index contributed by atoms with van der Waals surface area (Å²) < 4.78 is 13.3. The molecule has 0 bridgehead atoms.